The van der Waals surface area contributed by atoms with E-state index in [0.29, 0.717) is 18.2 Å². The van der Waals surface area contributed by atoms with Crippen molar-refractivity contribution in [2.75, 3.05) is 10.6 Å². The lowest BCUT2D eigenvalue weighted by Gasteiger charge is -2.17. The molecule has 0 spiro atoms. The van der Waals surface area contributed by atoms with Gasteiger partial charge in [-0.3, -0.25) is 10.1 Å². The second-order valence-electron chi connectivity index (χ2n) is 5.41. The number of carbonyl (C=O) groups is 1. The van der Waals surface area contributed by atoms with Gasteiger partial charge in [-0.2, -0.15) is 15.0 Å². The van der Waals surface area contributed by atoms with E-state index in [1.165, 1.54) is 4.88 Å². The highest BCUT2D eigenvalue weighted by Crippen LogP contribution is 2.24. The van der Waals surface area contributed by atoms with Crippen molar-refractivity contribution in [3.63, 3.8) is 0 Å². The minimum atomic E-state index is -0.120. The van der Waals surface area contributed by atoms with Crippen LogP contribution in [0.25, 0.3) is 0 Å². The first-order valence-electron chi connectivity index (χ1n) is 8.02. The smallest absolute Gasteiger partial charge is 0.234 e. The molecule has 0 aromatic carbocycles. The molecule has 0 aliphatic heterocycles. The van der Waals surface area contributed by atoms with Crippen molar-refractivity contribution in [2.45, 2.75) is 52.5 Å². The normalized spacial score (nSPS) is 12.0. The quantitative estimate of drug-likeness (QED) is 0.735. The zero-order valence-electron chi connectivity index (χ0n) is 14.1. The van der Waals surface area contributed by atoms with Gasteiger partial charge in [-0.05, 0) is 37.6 Å². The van der Waals surface area contributed by atoms with Gasteiger partial charge in [0.2, 0.25) is 17.8 Å². The molecular weight excluding hydrogens is 346 g/mol. The zero-order valence-corrected chi connectivity index (χ0v) is 15.7. The molecule has 1 atom stereocenters. The number of nitrogens with one attached hydrogen (secondary N) is 2. The second kappa shape index (κ2) is 8.94. The van der Waals surface area contributed by atoms with Crippen molar-refractivity contribution in [3.8, 4) is 0 Å². The maximum Gasteiger partial charge on any atom is 0.234 e. The fourth-order valence-corrected chi connectivity index (χ4v) is 3.34. The maximum absolute atomic E-state index is 11.5. The van der Waals surface area contributed by atoms with Gasteiger partial charge < -0.3 is 5.32 Å². The number of halogens is 1. The van der Waals surface area contributed by atoms with Crippen molar-refractivity contribution in [1.29, 1.82) is 0 Å². The lowest BCUT2D eigenvalue weighted by molar-refractivity contribution is -0.115. The molecule has 0 aliphatic rings. The summed E-state index contributed by atoms with van der Waals surface area (Å²) in [5.74, 6) is 1.21. The van der Waals surface area contributed by atoms with Crippen LogP contribution in [-0.4, -0.2) is 26.9 Å². The molecule has 0 radical (unpaired) electrons. The predicted octanol–water partition coefficient (Wildman–Crippen LogP) is 4.07. The monoisotopic (exact) mass is 367 g/mol. The number of aromatic nitrogens is 3. The molecule has 2 aromatic heterocycles. The molecule has 0 bridgehead atoms. The molecule has 2 heterocycles. The molecule has 1 unspecified atom stereocenters. The number of hydrogen-bond acceptors (Lipinski definition) is 6. The molecular formula is C16H22ClN5OS. The molecule has 130 valence electrons. The van der Waals surface area contributed by atoms with Gasteiger partial charge in [-0.1, -0.05) is 25.4 Å². The lowest BCUT2D eigenvalue weighted by Crippen LogP contribution is -2.22. The van der Waals surface area contributed by atoms with Gasteiger partial charge in [0.05, 0.1) is 5.02 Å². The van der Waals surface area contributed by atoms with E-state index in [9.17, 15) is 4.79 Å². The highest BCUT2D eigenvalue weighted by Gasteiger charge is 2.12. The third kappa shape index (κ3) is 5.42. The number of anilines is 2. The number of aryl methyl sites for hydroxylation is 2. The number of thiophene rings is 1. The summed E-state index contributed by atoms with van der Waals surface area (Å²) in [6.07, 6.45) is 3.15. The minimum Gasteiger partial charge on any atom is -0.351 e. The number of amides is 1. The molecule has 0 fully saturated rings. The topological polar surface area (TPSA) is 79.8 Å². The first-order chi connectivity index (χ1) is 11.5. The largest absolute Gasteiger partial charge is 0.351 e. The van der Waals surface area contributed by atoms with Gasteiger partial charge in [-0.15, -0.1) is 11.3 Å². The van der Waals surface area contributed by atoms with Crippen LogP contribution in [0, 0.1) is 6.92 Å². The van der Waals surface area contributed by atoms with E-state index in [0.717, 1.165) is 24.3 Å². The molecule has 2 rings (SSSR count). The third-order valence-electron chi connectivity index (χ3n) is 3.56. The summed E-state index contributed by atoms with van der Waals surface area (Å²) in [7, 11) is 0. The van der Waals surface area contributed by atoms with Crippen LogP contribution < -0.4 is 10.6 Å². The van der Waals surface area contributed by atoms with Crippen LogP contribution in [0.1, 0.15) is 43.8 Å². The fourth-order valence-electron chi connectivity index (χ4n) is 2.19. The van der Waals surface area contributed by atoms with Crippen LogP contribution >= 0.6 is 22.9 Å². The molecule has 0 aliphatic carbocycles. The van der Waals surface area contributed by atoms with Gasteiger partial charge in [0, 0.05) is 17.3 Å². The Morgan fingerprint density at radius 2 is 2.04 bits per heavy atom. The Labute approximate surface area is 151 Å². The van der Waals surface area contributed by atoms with E-state index in [4.69, 9.17) is 11.6 Å². The van der Waals surface area contributed by atoms with Crippen LogP contribution in [0.4, 0.5) is 11.9 Å². The van der Waals surface area contributed by atoms with E-state index in [2.05, 4.69) is 32.5 Å². The Morgan fingerprint density at radius 1 is 1.29 bits per heavy atom. The van der Waals surface area contributed by atoms with Crippen LogP contribution in [0.2, 0.25) is 5.02 Å². The van der Waals surface area contributed by atoms with Gasteiger partial charge in [0.15, 0.2) is 0 Å². The number of carbonyl (C=O) groups excluding carboxylic acids is 1. The summed E-state index contributed by atoms with van der Waals surface area (Å²) in [5, 5.41) is 8.83. The van der Waals surface area contributed by atoms with Crippen molar-refractivity contribution in [1.82, 2.24) is 15.0 Å². The Morgan fingerprint density at radius 3 is 2.67 bits per heavy atom. The number of hydrogen-bond donors (Lipinski definition) is 2. The Hall–Kier alpha value is -1.73. The van der Waals surface area contributed by atoms with Crippen LogP contribution in [0.5, 0.6) is 0 Å². The summed E-state index contributed by atoms with van der Waals surface area (Å²) in [6, 6.07) is 2.15. The fraction of sp³-hybridized carbons (Fsp3) is 0.500. The van der Waals surface area contributed by atoms with Crippen LogP contribution in [-0.2, 0) is 11.2 Å². The van der Waals surface area contributed by atoms with E-state index in [-0.39, 0.29) is 17.9 Å². The molecule has 6 nitrogen and oxygen atoms in total. The zero-order chi connectivity index (χ0) is 17.5. The predicted molar refractivity (Wildman–Crippen MR) is 98.8 cm³/mol. The van der Waals surface area contributed by atoms with E-state index < -0.39 is 0 Å². The highest BCUT2D eigenvalue weighted by molar-refractivity contribution is 7.10. The van der Waals surface area contributed by atoms with Crippen LogP contribution in [0.15, 0.2) is 11.4 Å². The van der Waals surface area contributed by atoms with Crippen molar-refractivity contribution < 1.29 is 4.79 Å². The SMILES string of the molecule is CCC(=O)Nc1nc(C)nc(NC(CC)CCc2sccc2Cl)n1. The Kier molecular flexibility index (Phi) is 6.93. The summed E-state index contributed by atoms with van der Waals surface area (Å²) in [6.45, 7) is 5.67. The minimum absolute atomic E-state index is 0.120. The molecule has 0 saturated carbocycles. The van der Waals surface area contributed by atoms with E-state index in [1.807, 2.05) is 11.4 Å². The molecule has 2 N–H and O–H groups in total. The average Bonchev–Trinajstić information content (AvgIpc) is 2.95. The van der Waals surface area contributed by atoms with Gasteiger partial charge in [-0.25, -0.2) is 0 Å². The summed E-state index contributed by atoms with van der Waals surface area (Å²) < 4.78 is 0. The van der Waals surface area contributed by atoms with Crippen LogP contribution in [0.3, 0.4) is 0 Å². The molecule has 0 saturated heterocycles. The maximum atomic E-state index is 11.5. The first-order valence-corrected chi connectivity index (χ1v) is 9.28. The summed E-state index contributed by atoms with van der Waals surface area (Å²) in [5.41, 5.74) is 0. The van der Waals surface area contributed by atoms with Gasteiger partial charge >= 0.3 is 0 Å². The number of nitrogens with zero attached hydrogens (tertiary/aromatic N) is 3. The van der Waals surface area contributed by atoms with Gasteiger partial charge in [0.25, 0.3) is 0 Å². The van der Waals surface area contributed by atoms with E-state index >= 15 is 0 Å². The lowest BCUT2D eigenvalue weighted by atomic mass is 10.1. The Bertz CT molecular complexity index is 691. The standard InChI is InChI=1S/C16H22ClN5OS/c1-4-11(6-7-13-12(17)8-9-24-13)20-15-18-10(3)19-16(22-15)21-14(23)5-2/h8-9,11H,4-7H2,1-3H3,(H2,18,19,20,21,22,23). The number of rotatable bonds is 8. The first kappa shape index (κ1) is 18.6. The van der Waals surface area contributed by atoms with E-state index in [1.54, 1.807) is 25.2 Å². The van der Waals surface area contributed by atoms with Crippen molar-refractivity contribution in [3.05, 3.63) is 27.2 Å². The molecule has 24 heavy (non-hydrogen) atoms. The van der Waals surface area contributed by atoms with Crippen molar-refractivity contribution >= 4 is 40.7 Å². The summed E-state index contributed by atoms with van der Waals surface area (Å²) in [4.78, 5) is 25.4. The second-order valence-corrected chi connectivity index (χ2v) is 6.82. The summed E-state index contributed by atoms with van der Waals surface area (Å²) >= 11 is 7.82. The Balaban J connectivity index is 2.01. The average molecular weight is 368 g/mol. The highest BCUT2D eigenvalue weighted by atomic mass is 35.5. The molecule has 1 amide bonds. The third-order valence-corrected chi connectivity index (χ3v) is 5.00. The molecule has 2 aromatic rings. The molecule has 8 heteroatoms. The van der Waals surface area contributed by atoms with Crippen molar-refractivity contribution in [2.24, 2.45) is 0 Å². The van der Waals surface area contributed by atoms with Gasteiger partial charge in [0.1, 0.15) is 5.82 Å².